The summed E-state index contributed by atoms with van der Waals surface area (Å²) in [6.45, 7) is 1.45. The first kappa shape index (κ1) is 18.3. The number of alkyl halides is 1. The van der Waals surface area contributed by atoms with Crippen molar-refractivity contribution in [2.24, 2.45) is 0 Å². The van der Waals surface area contributed by atoms with E-state index in [9.17, 15) is 0 Å². The first-order valence-electron chi connectivity index (χ1n) is 6.01. The van der Waals surface area contributed by atoms with E-state index in [0.29, 0.717) is 6.61 Å². The molecule has 0 fully saturated rings. The zero-order chi connectivity index (χ0) is 12.6. The minimum absolute atomic E-state index is 0.365. The van der Waals surface area contributed by atoms with E-state index in [-0.39, 0.29) is 0 Å². The summed E-state index contributed by atoms with van der Waals surface area (Å²) >= 11 is 3.42. The highest BCUT2D eigenvalue weighted by Gasteiger charge is 1.90. The van der Waals surface area contributed by atoms with Gasteiger partial charge < -0.3 is 10.2 Å². The largest absolute Gasteiger partial charge is 0.481 e. The highest BCUT2D eigenvalue weighted by molar-refractivity contribution is 9.09. The Hall–Kier alpha value is -0.0900. The summed E-state index contributed by atoms with van der Waals surface area (Å²) in [5.74, 6) is -0.833. The molecule has 0 aliphatic heterocycles. The number of hydrogen-bond donors (Lipinski definition) is 2. The summed E-state index contributed by atoms with van der Waals surface area (Å²) in [6, 6.07) is 0. The molecule has 0 aromatic carbocycles. The summed E-state index contributed by atoms with van der Waals surface area (Å²) in [5, 5.41) is 17.1. The number of aliphatic carboxylic acids is 1. The van der Waals surface area contributed by atoms with Crippen LogP contribution in [0.1, 0.15) is 58.3 Å². The van der Waals surface area contributed by atoms with E-state index in [1.54, 1.807) is 0 Å². The number of halogens is 1. The maximum absolute atomic E-state index is 9.00. The molecule has 0 rings (SSSR count). The van der Waals surface area contributed by atoms with Gasteiger partial charge in [-0.15, -0.1) is 0 Å². The van der Waals surface area contributed by atoms with Gasteiger partial charge in [0.1, 0.15) is 0 Å². The minimum Gasteiger partial charge on any atom is -0.481 e. The van der Waals surface area contributed by atoms with Crippen LogP contribution in [0.15, 0.2) is 0 Å². The zero-order valence-corrected chi connectivity index (χ0v) is 11.8. The lowest BCUT2D eigenvalue weighted by Crippen LogP contribution is -1.84. The van der Waals surface area contributed by atoms with Gasteiger partial charge in [-0.25, -0.2) is 0 Å². The first-order valence-corrected chi connectivity index (χ1v) is 7.13. The molecule has 0 spiro atoms. The van der Waals surface area contributed by atoms with Crippen molar-refractivity contribution >= 4 is 21.9 Å². The van der Waals surface area contributed by atoms with Gasteiger partial charge in [0, 0.05) is 18.9 Å². The van der Waals surface area contributed by atoms with Crippen LogP contribution >= 0.6 is 15.9 Å². The molecule has 3 nitrogen and oxygen atoms in total. The number of aliphatic hydroxyl groups excluding tert-OH is 1. The number of carbonyl (C=O) groups is 1. The van der Waals surface area contributed by atoms with E-state index in [2.05, 4.69) is 15.9 Å². The molecule has 0 heterocycles. The van der Waals surface area contributed by atoms with Crippen molar-refractivity contribution in [2.75, 3.05) is 11.9 Å². The molecule has 0 atom stereocenters. The van der Waals surface area contributed by atoms with Crippen LogP contribution in [0, 0.1) is 0 Å². The standard InChI is InChI=1S/C10H21BrO.C2H4O2/c11-9-7-5-3-1-2-4-6-8-10-12;1-2(3)4/h12H,1-10H2;1H3,(H,3,4). The molecule has 0 aliphatic rings. The molecule has 0 aromatic heterocycles. The average Bonchev–Trinajstić information content (AvgIpc) is 2.21. The predicted molar refractivity (Wildman–Crippen MR) is 71.1 cm³/mol. The zero-order valence-electron chi connectivity index (χ0n) is 10.3. The molecule has 98 valence electrons. The van der Waals surface area contributed by atoms with Crippen molar-refractivity contribution in [3.8, 4) is 0 Å². The Morgan fingerprint density at radius 3 is 1.56 bits per heavy atom. The van der Waals surface area contributed by atoms with Crippen molar-refractivity contribution in [3.05, 3.63) is 0 Å². The van der Waals surface area contributed by atoms with Crippen molar-refractivity contribution in [2.45, 2.75) is 58.3 Å². The second-order valence-electron chi connectivity index (χ2n) is 3.76. The van der Waals surface area contributed by atoms with Crippen LogP contribution in [0.3, 0.4) is 0 Å². The molecule has 0 aromatic rings. The van der Waals surface area contributed by atoms with Crippen molar-refractivity contribution in [1.29, 1.82) is 0 Å². The first-order chi connectivity index (χ1) is 7.65. The van der Waals surface area contributed by atoms with Crippen LogP contribution in [0.25, 0.3) is 0 Å². The van der Waals surface area contributed by atoms with E-state index in [4.69, 9.17) is 15.0 Å². The third kappa shape index (κ3) is 29.2. The number of carboxylic acid groups (broad SMARTS) is 1. The van der Waals surface area contributed by atoms with Gasteiger partial charge in [-0.1, -0.05) is 54.5 Å². The van der Waals surface area contributed by atoms with Crippen LogP contribution < -0.4 is 0 Å². The van der Waals surface area contributed by atoms with Crippen molar-refractivity contribution < 1.29 is 15.0 Å². The molecule has 0 saturated heterocycles. The van der Waals surface area contributed by atoms with Gasteiger partial charge in [0.2, 0.25) is 0 Å². The normalized spacial score (nSPS) is 9.44. The maximum Gasteiger partial charge on any atom is 0.300 e. The van der Waals surface area contributed by atoms with Gasteiger partial charge >= 0.3 is 0 Å². The number of carboxylic acids is 1. The second-order valence-corrected chi connectivity index (χ2v) is 4.55. The SMILES string of the molecule is CC(=O)O.OCCCCCCCCCCBr. The van der Waals surface area contributed by atoms with Gasteiger partial charge in [0.05, 0.1) is 0 Å². The number of aliphatic hydroxyl groups is 1. The summed E-state index contributed by atoms with van der Waals surface area (Å²) in [7, 11) is 0. The van der Waals surface area contributed by atoms with E-state index >= 15 is 0 Å². The maximum atomic E-state index is 9.00. The predicted octanol–water partition coefficient (Wildman–Crippen LogP) is 3.59. The third-order valence-electron chi connectivity index (χ3n) is 2.04. The Balaban J connectivity index is 0. The van der Waals surface area contributed by atoms with E-state index < -0.39 is 5.97 Å². The monoisotopic (exact) mass is 296 g/mol. The summed E-state index contributed by atoms with van der Waals surface area (Å²) < 4.78 is 0. The fraction of sp³-hybridized carbons (Fsp3) is 0.917. The lowest BCUT2D eigenvalue weighted by Gasteiger charge is -1.99. The van der Waals surface area contributed by atoms with Crippen LogP contribution in [0.4, 0.5) is 0 Å². The number of rotatable bonds is 9. The Labute approximate surface area is 107 Å². The fourth-order valence-electron chi connectivity index (χ4n) is 1.27. The summed E-state index contributed by atoms with van der Waals surface area (Å²) in [6.07, 6.45) is 10.3. The molecule has 4 heteroatoms. The number of unbranched alkanes of at least 4 members (excludes halogenated alkanes) is 7. The van der Waals surface area contributed by atoms with Crippen molar-refractivity contribution in [1.82, 2.24) is 0 Å². The average molecular weight is 297 g/mol. The molecule has 0 radical (unpaired) electrons. The Bertz CT molecular complexity index is 126. The van der Waals surface area contributed by atoms with E-state index in [1.807, 2.05) is 0 Å². The summed E-state index contributed by atoms with van der Waals surface area (Å²) in [4.78, 5) is 9.00. The van der Waals surface area contributed by atoms with Gasteiger partial charge in [-0.3, -0.25) is 4.79 Å². The molecule has 0 saturated carbocycles. The van der Waals surface area contributed by atoms with Crippen molar-refractivity contribution in [3.63, 3.8) is 0 Å². The topological polar surface area (TPSA) is 57.5 Å². The molecule has 2 N–H and O–H groups in total. The molecular formula is C12H25BrO3. The van der Waals surface area contributed by atoms with Crippen LogP contribution in [0.2, 0.25) is 0 Å². The Morgan fingerprint density at radius 1 is 0.938 bits per heavy atom. The Morgan fingerprint density at radius 2 is 1.25 bits per heavy atom. The molecular weight excluding hydrogens is 272 g/mol. The van der Waals surface area contributed by atoms with E-state index in [0.717, 1.165) is 18.7 Å². The molecule has 0 aliphatic carbocycles. The van der Waals surface area contributed by atoms with Crippen LogP contribution in [-0.4, -0.2) is 28.1 Å². The molecule has 16 heavy (non-hydrogen) atoms. The highest BCUT2D eigenvalue weighted by atomic mass is 79.9. The van der Waals surface area contributed by atoms with Gasteiger partial charge in [0.15, 0.2) is 0 Å². The second kappa shape index (κ2) is 17.3. The van der Waals surface area contributed by atoms with Crippen LogP contribution in [0.5, 0.6) is 0 Å². The highest BCUT2D eigenvalue weighted by Crippen LogP contribution is 2.08. The molecule has 0 bridgehead atoms. The lowest BCUT2D eigenvalue weighted by atomic mass is 10.1. The van der Waals surface area contributed by atoms with Gasteiger partial charge in [0.25, 0.3) is 5.97 Å². The molecule has 0 unspecified atom stereocenters. The smallest absolute Gasteiger partial charge is 0.300 e. The lowest BCUT2D eigenvalue weighted by molar-refractivity contribution is -0.134. The minimum atomic E-state index is -0.833. The third-order valence-corrected chi connectivity index (χ3v) is 2.60. The molecule has 0 amide bonds. The summed E-state index contributed by atoms with van der Waals surface area (Å²) in [5.41, 5.74) is 0. The Kier molecular flexibility index (Phi) is 19.8. The van der Waals surface area contributed by atoms with Gasteiger partial charge in [-0.05, 0) is 12.8 Å². The van der Waals surface area contributed by atoms with Gasteiger partial charge in [-0.2, -0.15) is 0 Å². The van der Waals surface area contributed by atoms with Crippen LogP contribution in [-0.2, 0) is 4.79 Å². The number of hydrogen-bond acceptors (Lipinski definition) is 2. The fourth-order valence-corrected chi connectivity index (χ4v) is 1.66. The quantitative estimate of drug-likeness (QED) is 0.505. The van der Waals surface area contributed by atoms with E-state index in [1.165, 1.54) is 44.9 Å².